The van der Waals surface area contributed by atoms with Crippen LogP contribution in [0.4, 0.5) is 0 Å². The molecule has 0 saturated heterocycles. The SMILES string of the molecule is CCC(N)Cc1ccc(-n2cc(Cl)cn2)cc1C. The van der Waals surface area contributed by atoms with E-state index in [1.807, 2.05) is 6.07 Å². The van der Waals surface area contributed by atoms with Gasteiger partial charge in [0.2, 0.25) is 0 Å². The highest BCUT2D eigenvalue weighted by Crippen LogP contribution is 2.17. The third-order valence-corrected chi connectivity index (χ3v) is 3.34. The zero-order valence-corrected chi connectivity index (χ0v) is 11.5. The van der Waals surface area contributed by atoms with E-state index >= 15 is 0 Å². The number of aryl methyl sites for hydroxylation is 1. The molecule has 96 valence electrons. The van der Waals surface area contributed by atoms with Gasteiger partial charge in [0.15, 0.2) is 0 Å². The number of nitrogens with zero attached hydrogens (tertiary/aromatic N) is 2. The monoisotopic (exact) mass is 263 g/mol. The van der Waals surface area contributed by atoms with Gasteiger partial charge in [0.05, 0.1) is 16.9 Å². The van der Waals surface area contributed by atoms with Crippen molar-refractivity contribution in [1.82, 2.24) is 9.78 Å². The molecule has 0 aliphatic rings. The zero-order valence-electron chi connectivity index (χ0n) is 10.7. The van der Waals surface area contributed by atoms with Crippen LogP contribution in [-0.2, 0) is 6.42 Å². The fourth-order valence-electron chi connectivity index (χ4n) is 1.92. The molecule has 0 fully saturated rings. The molecule has 0 spiro atoms. The van der Waals surface area contributed by atoms with Gasteiger partial charge < -0.3 is 5.73 Å². The fourth-order valence-corrected chi connectivity index (χ4v) is 2.06. The first-order valence-electron chi connectivity index (χ1n) is 6.15. The number of nitrogens with two attached hydrogens (primary N) is 1. The molecule has 1 unspecified atom stereocenters. The Hall–Kier alpha value is -1.32. The van der Waals surface area contributed by atoms with Crippen molar-refractivity contribution in [3.05, 3.63) is 46.7 Å². The summed E-state index contributed by atoms with van der Waals surface area (Å²) in [5, 5.41) is 4.84. The van der Waals surface area contributed by atoms with Gasteiger partial charge in [0.1, 0.15) is 0 Å². The summed E-state index contributed by atoms with van der Waals surface area (Å²) in [7, 11) is 0. The Labute approximate surface area is 113 Å². The third kappa shape index (κ3) is 2.92. The normalized spacial score (nSPS) is 12.7. The lowest BCUT2D eigenvalue weighted by Crippen LogP contribution is -2.21. The molecule has 3 nitrogen and oxygen atoms in total. The Morgan fingerprint density at radius 2 is 2.22 bits per heavy atom. The van der Waals surface area contributed by atoms with Crippen LogP contribution < -0.4 is 5.73 Å². The van der Waals surface area contributed by atoms with Crippen LogP contribution in [0, 0.1) is 6.92 Å². The van der Waals surface area contributed by atoms with Crippen molar-refractivity contribution >= 4 is 11.6 Å². The molecule has 0 amide bonds. The van der Waals surface area contributed by atoms with Gasteiger partial charge in [-0.05, 0) is 43.0 Å². The van der Waals surface area contributed by atoms with Crippen molar-refractivity contribution < 1.29 is 0 Å². The van der Waals surface area contributed by atoms with Crippen LogP contribution in [-0.4, -0.2) is 15.8 Å². The van der Waals surface area contributed by atoms with Crippen molar-refractivity contribution in [3.8, 4) is 5.69 Å². The van der Waals surface area contributed by atoms with E-state index in [1.54, 1.807) is 17.1 Å². The molecule has 2 aromatic rings. The largest absolute Gasteiger partial charge is 0.327 e. The van der Waals surface area contributed by atoms with Crippen molar-refractivity contribution in [3.63, 3.8) is 0 Å². The van der Waals surface area contributed by atoms with Crippen LogP contribution in [0.2, 0.25) is 5.02 Å². The fraction of sp³-hybridized carbons (Fsp3) is 0.357. The minimum Gasteiger partial charge on any atom is -0.327 e. The lowest BCUT2D eigenvalue weighted by atomic mass is 10.00. The van der Waals surface area contributed by atoms with Gasteiger partial charge in [0, 0.05) is 12.2 Å². The highest BCUT2D eigenvalue weighted by molar-refractivity contribution is 6.30. The molecule has 2 rings (SSSR count). The quantitative estimate of drug-likeness (QED) is 0.921. The Morgan fingerprint density at radius 3 is 2.78 bits per heavy atom. The van der Waals surface area contributed by atoms with Crippen LogP contribution in [0.15, 0.2) is 30.6 Å². The Kier molecular flexibility index (Phi) is 4.04. The van der Waals surface area contributed by atoms with Crippen LogP contribution in [0.5, 0.6) is 0 Å². The molecule has 1 aromatic heterocycles. The van der Waals surface area contributed by atoms with Gasteiger partial charge in [0.25, 0.3) is 0 Å². The second kappa shape index (κ2) is 5.55. The standard InChI is InChI=1S/C14H18ClN3/c1-3-13(16)7-11-4-5-14(6-10(11)2)18-9-12(15)8-17-18/h4-6,8-9,13H,3,7,16H2,1-2H3. The van der Waals surface area contributed by atoms with Crippen molar-refractivity contribution in [2.24, 2.45) is 5.73 Å². The number of halogens is 1. The van der Waals surface area contributed by atoms with Crippen molar-refractivity contribution in [1.29, 1.82) is 0 Å². The summed E-state index contributed by atoms with van der Waals surface area (Å²) in [5.41, 5.74) is 9.55. The first-order chi connectivity index (χ1) is 8.60. The molecule has 0 radical (unpaired) electrons. The number of benzene rings is 1. The smallest absolute Gasteiger partial charge is 0.0790 e. The highest BCUT2D eigenvalue weighted by Gasteiger charge is 2.06. The average molecular weight is 264 g/mol. The molecule has 4 heteroatoms. The van der Waals surface area contributed by atoms with Gasteiger partial charge in [-0.25, -0.2) is 4.68 Å². The number of hydrogen-bond acceptors (Lipinski definition) is 2. The second-order valence-electron chi connectivity index (χ2n) is 4.59. The first-order valence-corrected chi connectivity index (χ1v) is 6.53. The second-order valence-corrected chi connectivity index (χ2v) is 5.02. The number of rotatable bonds is 4. The Bertz CT molecular complexity index is 534. The predicted molar refractivity (Wildman–Crippen MR) is 75.3 cm³/mol. The van der Waals surface area contributed by atoms with Crippen LogP contribution >= 0.6 is 11.6 Å². The number of hydrogen-bond donors (Lipinski definition) is 1. The lowest BCUT2D eigenvalue weighted by Gasteiger charge is -2.12. The van der Waals surface area contributed by atoms with Crippen LogP contribution in [0.25, 0.3) is 5.69 Å². The zero-order chi connectivity index (χ0) is 13.1. The van der Waals surface area contributed by atoms with E-state index in [0.29, 0.717) is 5.02 Å². The lowest BCUT2D eigenvalue weighted by molar-refractivity contribution is 0.644. The van der Waals surface area contributed by atoms with Gasteiger partial charge >= 0.3 is 0 Å². The predicted octanol–water partition coefficient (Wildman–Crippen LogP) is 3.11. The molecule has 18 heavy (non-hydrogen) atoms. The highest BCUT2D eigenvalue weighted by atomic mass is 35.5. The van der Waals surface area contributed by atoms with Crippen molar-refractivity contribution in [2.45, 2.75) is 32.7 Å². The summed E-state index contributed by atoms with van der Waals surface area (Å²) < 4.78 is 1.78. The summed E-state index contributed by atoms with van der Waals surface area (Å²) in [6.07, 6.45) is 5.35. The maximum atomic E-state index is 5.99. The van der Waals surface area contributed by atoms with E-state index in [1.165, 1.54) is 11.1 Å². The van der Waals surface area contributed by atoms with Gasteiger partial charge in [-0.3, -0.25) is 0 Å². The van der Waals surface area contributed by atoms with Crippen LogP contribution in [0.3, 0.4) is 0 Å². The van der Waals surface area contributed by atoms with E-state index in [9.17, 15) is 0 Å². The molecule has 1 aromatic carbocycles. The third-order valence-electron chi connectivity index (χ3n) is 3.15. The first kappa shape index (κ1) is 13.1. The van der Waals surface area contributed by atoms with E-state index in [4.69, 9.17) is 17.3 Å². The van der Waals surface area contributed by atoms with Gasteiger partial charge in [-0.1, -0.05) is 24.6 Å². The molecular formula is C14H18ClN3. The Balaban J connectivity index is 2.24. The maximum absolute atomic E-state index is 5.99. The summed E-state index contributed by atoms with van der Waals surface area (Å²) >= 11 is 5.87. The van der Waals surface area contributed by atoms with E-state index < -0.39 is 0 Å². The molecule has 0 saturated carbocycles. The summed E-state index contributed by atoms with van der Waals surface area (Å²) in [4.78, 5) is 0. The molecular weight excluding hydrogens is 246 g/mol. The molecule has 2 N–H and O–H groups in total. The summed E-state index contributed by atoms with van der Waals surface area (Å²) in [6, 6.07) is 6.51. The summed E-state index contributed by atoms with van der Waals surface area (Å²) in [5.74, 6) is 0. The number of aromatic nitrogens is 2. The topological polar surface area (TPSA) is 43.8 Å². The van der Waals surface area contributed by atoms with Gasteiger partial charge in [-0.2, -0.15) is 5.10 Å². The van der Waals surface area contributed by atoms with E-state index in [2.05, 4.69) is 31.1 Å². The Morgan fingerprint density at radius 1 is 1.44 bits per heavy atom. The molecule has 1 atom stereocenters. The van der Waals surface area contributed by atoms with E-state index in [-0.39, 0.29) is 6.04 Å². The van der Waals surface area contributed by atoms with Crippen LogP contribution in [0.1, 0.15) is 24.5 Å². The average Bonchev–Trinajstić information content (AvgIpc) is 2.78. The van der Waals surface area contributed by atoms with Gasteiger partial charge in [-0.15, -0.1) is 0 Å². The maximum Gasteiger partial charge on any atom is 0.0790 e. The van der Waals surface area contributed by atoms with Crippen molar-refractivity contribution in [2.75, 3.05) is 0 Å². The molecule has 0 bridgehead atoms. The minimum atomic E-state index is 0.230. The molecule has 0 aliphatic carbocycles. The van der Waals surface area contributed by atoms with E-state index in [0.717, 1.165) is 18.5 Å². The molecule has 1 heterocycles. The minimum absolute atomic E-state index is 0.230. The summed E-state index contributed by atoms with van der Waals surface area (Å²) in [6.45, 7) is 4.21. The molecule has 0 aliphatic heterocycles.